The highest BCUT2D eigenvalue weighted by Gasteiger charge is 2.21. The number of hydrogen-bond donors (Lipinski definition) is 1. The molecule has 2 unspecified atom stereocenters. The first-order valence-corrected chi connectivity index (χ1v) is 6.97. The summed E-state index contributed by atoms with van der Waals surface area (Å²) in [5.41, 5.74) is 9.00. The van der Waals surface area contributed by atoms with Crippen molar-refractivity contribution in [3.8, 4) is 0 Å². The molecule has 16 heavy (non-hydrogen) atoms. The fourth-order valence-corrected chi connectivity index (χ4v) is 3.21. The minimum atomic E-state index is 0.244. The van der Waals surface area contributed by atoms with Crippen molar-refractivity contribution >= 4 is 11.8 Å². The highest BCUT2D eigenvalue weighted by atomic mass is 32.2. The van der Waals surface area contributed by atoms with Crippen LogP contribution in [0.1, 0.15) is 43.6 Å². The first-order valence-electron chi connectivity index (χ1n) is 6.02. The van der Waals surface area contributed by atoms with E-state index in [1.807, 2.05) is 11.8 Å². The van der Waals surface area contributed by atoms with E-state index in [1.54, 1.807) is 0 Å². The molecule has 2 N–H and O–H groups in total. The molecule has 1 rings (SSSR count). The van der Waals surface area contributed by atoms with Crippen molar-refractivity contribution in [2.24, 2.45) is 5.73 Å². The molecule has 0 aromatic heterocycles. The van der Waals surface area contributed by atoms with Gasteiger partial charge in [-0.2, -0.15) is 0 Å². The van der Waals surface area contributed by atoms with E-state index in [-0.39, 0.29) is 6.04 Å². The second-order valence-corrected chi connectivity index (χ2v) is 6.26. The summed E-state index contributed by atoms with van der Waals surface area (Å²) in [6.07, 6.45) is 1.03. The molecular weight excluding hydrogens is 214 g/mol. The van der Waals surface area contributed by atoms with Gasteiger partial charge in [0.15, 0.2) is 0 Å². The predicted octanol–water partition coefficient (Wildman–Crippen LogP) is 3.92. The Labute approximate surface area is 104 Å². The Morgan fingerprint density at radius 1 is 1.25 bits per heavy atom. The molecule has 90 valence electrons. The third-order valence-corrected chi connectivity index (χ3v) is 4.22. The van der Waals surface area contributed by atoms with Gasteiger partial charge in [0.1, 0.15) is 0 Å². The maximum absolute atomic E-state index is 6.25. The molecule has 2 atom stereocenters. The lowest BCUT2D eigenvalue weighted by Crippen LogP contribution is -2.27. The fraction of sp³-hybridized carbons (Fsp3) is 0.571. The number of benzene rings is 1. The zero-order chi connectivity index (χ0) is 12.1. The first kappa shape index (κ1) is 13.6. The van der Waals surface area contributed by atoms with Gasteiger partial charge in [-0.1, -0.05) is 45.0 Å². The second-order valence-electron chi connectivity index (χ2n) is 4.53. The van der Waals surface area contributed by atoms with Gasteiger partial charge in [0.05, 0.1) is 0 Å². The van der Waals surface area contributed by atoms with Gasteiger partial charge in [0.25, 0.3) is 0 Å². The predicted molar refractivity (Wildman–Crippen MR) is 74.9 cm³/mol. The molecule has 1 aromatic rings. The highest BCUT2D eigenvalue weighted by molar-refractivity contribution is 8.00. The maximum Gasteiger partial charge on any atom is 0.0453 e. The highest BCUT2D eigenvalue weighted by Crippen LogP contribution is 2.36. The smallest absolute Gasteiger partial charge is 0.0453 e. The van der Waals surface area contributed by atoms with Crippen LogP contribution in [0.4, 0.5) is 0 Å². The van der Waals surface area contributed by atoms with Crippen LogP contribution in [-0.4, -0.2) is 11.3 Å². The van der Waals surface area contributed by atoms with Crippen molar-refractivity contribution in [2.45, 2.75) is 50.7 Å². The molecular formula is C14H23NS. The largest absolute Gasteiger partial charge is 0.326 e. The van der Waals surface area contributed by atoms with E-state index >= 15 is 0 Å². The van der Waals surface area contributed by atoms with Gasteiger partial charge >= 0.3 is 0 Å². The summed E-state index contributed by atoms with van der Waals surface area (Å²) in [4.78, 5) is 0. The van der Waals surface area contributed by atoms with E-state index in [0.29, 0.717) is 10.5 Å². The Bertz CT molecular complexity index is 322. The Morgan fingerprint density at radius 3 is 2.38 bits per heavy atom. The SMILES string of the molecule is CCC(N)C(SC(C)C)c1ccccc1C. The van der Waals surface area contributed by atoms with Crippen molar-refractivity contribution in [2.75, 3.05) is 0 Å². The standard InChI is InChI=1S/C14H23NS/c1-5-13(15)14(16-10(2)3)12-9-7-6-8-11(12)4/h6-10,13-14H,5,15H2,1-4H3. The number of nitrogens with two attached hydrogens (primary N) is 1. The normalized spacial score (nSPS) is 15.1. The number of rotatable bonds is 5. The minimum Gasteiger partial charge on any atom is -0.326 e. The molecule has 0 aliphatic heterocycles. The molecule has 0 saturated carbocycles. The van der Waals surface area contributed by atoms with Crippen LogP contribution in [0.5, 0.6) is 0 Å². The summed E-state index contributed by atoms with van der Waals surface area (Å²) in [6, 6.07) is 8.83. The van der Waals surface area contributed by atoms with Crippen LogP contribution in [-0.2, 0) is 0 Å². The van der Waals surface area contributed by atoms with E-state index < -0.39 is 0 Å². The summed E-state index contributed by atoms with van der Waals surface area (Å²) >= 11 is 1.97. The molecule has 0 amide bonds. The van der Waals surface area contributed by atoms with Crippen molar-refractivity contribution in [1.82, 2.24) is 0 Å². The Morgan fingerprint density at radius 2 is 1.88 bits per heavy atom. The zero-order valence-electron chi connectivity index (χ0n) is 10.7. The van der Waals surface area contributed by atoms with Gasteiger partial charge in [-0.3, -0.25) is 0 Å². The van der Waals surface area contributed by atoms with Gasteiger partial charge in [0, 0.05) is 11.3 Å². The molecule has 2 heteroatoms. The van der Waals surface area contributed by atoms with Crippen LogP contribution in [0.25, 0.3) is 0 Å². The summed E-state index contributed by atoms with van der Waals surface area (Å²) < 4.78 is 0. The monoisotopic (exact) mass is 237 g/mol. The summed E-state index contributed by atoms with van der Waals surface area (Å²) in [7, 11) is 0. The molecule has 0 bridgehead atoms. The third kappa shape index (κ3) is 3.53. The molecule has 0 fully saturated rings. The van der Waals surface area contributed by atoms with Crippen LogP contribution in [0.15, 0.2) is 24.3 Å². The lowest BCUT2D eigenvalue weighted by Gasteiger charge is -2.26. The van der Waals surface area contributed by atoms with Crippen LogP contribution in [0, 0.1) is 6.92 Å². The van der Waals surface area contributed by atoms with Crippen molar-refractivity contribution in [1.29, 1.82) is 0 Å². The van der Waals surface area contributed by atoms with Gasteiger partial charge < -0.3 is 5.73 Å². The van der Waals surface area contributed by atoms with Crippen molar-refractivity contribution < 1.29 is 0 Å². The van der Waals surface area contributed by atoms with Crippen LogP contribution < -0.4 is 5.73 Å². The number of thioether (sulfide) groups is 1. The fourth-order valence-electron chi connectivity index (χ4n) is 1.82. The van der Waals surface area contributed by atoms with E-state index in [1.165, 1.54) is 11.1 Å². The Kier molecular flexibility index (Phi) is 5.36. The quantitative estimate of drug-likeness (QED) is 0.840. The average Bonchev–Trinajstić information content (AvgIpc) is 2.26. The summed E-state index contributed by atoms with van der Waals surface area (Å²) in [5, 5.41) is 1.04. The number of hydrogen-bond acceptors (Lipinski definition) is 2. The van der Waals surface area contributed by atoms with E-state index in [2.05, 4.69) is 52.0 Å². The van der Waals surface area contributed by atoms with Gasteiger partial charge in [-0.15, -0.1) is 11.8 Å². The van der Waals surface area contributed by atoms with E-state index in [0.717, 1.165) is 6.42 Å². The van der Waals surface area contributed by atoms with Crippen LogP contribution in [0.2, 0.25) is 0 Å². The third-order valence-electron chi connectivity index (χ3n) is 2.77. The molecule has 0 aliphatic carbocycles. The molecule has 0 aliphatic rings. The first-order chi connectivity index (χ1) is 7.56. The van der Waals surface area contributed by atoms with Gasteiger partial charge in [-0.25, -0.2) is 0 Å². The maximum atomic E-state index is 6.25. The second kappa shape index (κ2) is 6.31. The Balaban J connectivity index is 2.96. The lowest BCUT2D eigenvalue weighted by atomic mass is 10.00. The van der Waals surface area contributed by atoms with Gasteiger partial charge in [0.2, 0.25) is 0 Å². The summed E-state index contributed by atoms with van der Waals surface area (Å²) in [5.74, 6) is 0. The van der Waals surface area contributed by atoms with E-state index in [4.69, 9.17) is 5.73 Å². The Hall–Kier alpha value is -0.470. The average molecular weight is 237 g/mol. The molecule has 0 heterocycles. The molecule has 0 saturated heterocycles. The molecule has 1 nitrogen and oxygen atoms in total. The summed E-state index contributed by atoms with van der Waals surface area (Å²) in [6.45, 7) is 8.80. The van der Waals surface area contributed by atoms with Crippen LogP contribution >= 0.6 is 11.8 Å². The van der Waals surface area contributed by atoms with Crippen LogP contribution in [0.3, 0.4) is 0 Å². The minimum absolute atomic E-state index is 0.244. The van der Waals surface area contributed by atoms with Gasteiger partial charge in [-0.05, 0) is 29.7 Å². The lowest BCUT2D eigenvalue weighted by molar-refractivity contribution is 0.631. The van der Waals surface area contributed by atoms with E-state index in [9.17, 15) is 0 Å². The molecule has 0 spiro atoms. The molecule has 1 aromatic carbocycles. The topological polar surface area (TPSA) is 26.0 Å². The number of aryl methyl sites for hydroxylation is 1. The molecule has 0 radical (unpaired) electrons. The van der Waals surface area contributed by atoms with Crippen molar-refractivity contribution in [3.63, 3.8) is 0 Å². The van der Waals surface area contributed by atoms with Crippen molar-refractivity contribution in [3.05, 3.63) is 35.4 Å². The zero-order valence-corrected chi connectivity index (χ0v) is 11.6.